The summed E-state index contributed by atoms with van der Waals surface area (Å²) >= 11 is 0. The summed E-state index contributed by atoms with van der Waals surface area (Å²) in [6.07, 6.45) is 4.67. The van der Waals surface area contributed by atoms with Crippen molar-refractivity contribution in [2.75, 3.05) is 13.3 Å². The molecule has 118 valence electrons. The lowest BCUT2D eigenvalue weighted by Gasteiger charge is -2.17. The first-order valence-electron chi connectivity index (χ1n) is 6.72. The fraction of sp³-hybridized carbons (Fsp3) is 0.333. The maximum Gasteiger partial charge on any atom is 0.253 e. The molecular formula is C15H19N3O3S. The van der Waals surface area contributed by atoms with Gasteiger partial charge in [-0.2, -0.15) is 5.10 Å². The van der Waals surface area contributed by atoms with Gasteiger partial charge in [0.2, 0.25) is 0 Å². The number of aromatic nitrogens is 2. The van der Waals surface area contributed by atoms with E-state index in [4.69, 9.17) is 0 Å². The van der Waals surface area contributed by atoms with Crippen LogP contribution in [0.25, 0.3) is 0 Å². The quantitative estimate of drug-likeness (QED) is 0.853. The van der Waals surface area contributed by atoms with Crippen molar-refractivity contribution in [2.24, 2.45) is 7.05 Å². The highest BCUT2D eigenvalue weighted by molar-refractivity contribution is 7.90. The maximum atomic E-state index is 12.5. The standard InChI is InChI=1S/C15H19N3O3S/c1-11-5-6-13(7-14(11)22(4,20)21)15(19)17(2)9-12-8-16-18(3)10-12/h5-8,10H,9H2,1-4H3. The van der Waals surface area contributed by atoms with E-state index in [0.29, 0.717) is 17.7 Å². The van der Waals surface area contributed by atoms with Gasteiger partial charge in [-0.05, 0) is 24.6 Å². The molecule has 0 aliphatic rings. The molecule has 0 N–H and O–H groups in total. The normalized spacial score (nSPS) is 11.5. The van der Waals surface area contributed by atoms with Gasteiger partial charge < -0.3 is 4.90 Å². The zero-order valence-electron chi connectivity index (χ0n) is 13.1. The minimum absolute atomic E-state index is 0.188. The molecule has 1 heterocycles. The van der Waals surface area contributed by atoms with Gasteiger partial charge in [-0.1, -0.05) is 6.07 Å². The van der Waals surface area contributed by atoms with E-state index < -0.39 is 9.84 Å². The van der Waals surface area contributed by atoms with Crippen molar-refractivity contribution >= 4 is 15.7 Å². The number of benzene rings is 1. The summed E-state index contributed by atoms with van der Waals surface area (Å²) in [4.78, 5) is 14.2. The van der Waals surface area contributed by atoms with E-state index in [1.807, 2.05) is 13.2 Å². The van der Waals surface area contributed by atoms with Gasteiger partial charge in [0.15, 0.2) is 9.84 Å². The first-order chi connectivity index (χ1) is 10.2. The second-order valence-corrected chi connectivity index (χ2v) is 7.42. The van der Waals surface area contributed by atoms with Crippen molar-refractivity contribution in [1.29, 1.82) is 0 Å². The summed E-state index contributed by atoms with van der Waals surface area (Å²) in [5.74, 6) is -0.228. The second kappa shape index (κ2) is 5.92. The molecule has 0 unspecified atom stereocenters. The van der Waals surface area contributed by atoms with Gasteiger partial charge in [-0.3, -0.25) is 9.48 Å². The van der Waals surface area contributed by atoms with Gasteiger partial charge in [0.1, 0.15) is 0 Å². The molecule has 0 saturated heterocycles. The molecule has 0 spiro atoms. The molecule has 1 aromatic carbocycles. The lowest BCUT2D eigenvalue weighted by molar-refractivity contribution is 0.0785. The SMILES string of the molecule is Cc1ccc(C(=O)N(C)Cc2cnn(C)c2)cc1S(C)(=O)=O. The minimum Gasteiger partial charge on any atom is -0.337 e. The van der Waals surface area contributed by atoms with Crippen molar-refractivity contribution in [3.63, 3.8) is 0 Å². The van der Waals surface area contributed by atoms with Crippen LogP contribution < -0.4 is 0 Å². The lowest BCUT2D eigenvalue weighted by Crippen LogP contribution is -2.26. The number of carbonyl (C=O) groups is 1. The molecule has 0 bridgehead atoms. The summed E-state index contributed by atoms with van der Waals surface area (Å²) < 4.78 is 25.2. The van der Waals surface area contributed by atoms with Crippen LogP contribution in [0.1, 0.15) is 21.5 Å². The van der Waals surface area contributed by atoms with E-state index >= 15 is 0 Å². The molecule has 2 aromatic rings. The lowest BCUT2D eigenvalue weighted by atomic mass is 10.1. The third-order valence-corrected chi connectivity index (χ3v) is 4.60. The van der Waals surface area contributed by atoms with Crippen LogP contribution in [-0.2, 0) is 23.4 Å². The van der Waals surface area contributed by atoms with Gasteiger partial charge in [-0.15, -0.1) is 0 Å². The van der Waals surface area contributed by atoms with Crippen molar-refractivity contribution in [3.05, 3.63) is 47.3 Å². The monoisotopic (exact) mass is 321 g/mol. The Labute approximate surface area is 130 Å². The minimum atomic E-state index is -3.35. The molecule has 0 aliphatic heterocycles. The fourth-order valence-electron chi connectivity index (χ4n) is 2.25. The predicted octanol–water partition coefficient (Wildman–Crippen LogP) is 1.40. The summed E-state index contributed by atoms with van der Waals surface area (Å²) in [7, 11) is 0.130. The van der Waals surface area contributed by atoms with Gasteiger partial charge >= 0.3 is 0 Å². The Morgan fingerprint density at radius 3 is 2.59 bits per heavy atom. The molecule has 7 heteroatoms. The molecule has 0 fully saturated rings. The Bertz CT molecular complexity index is 809. The number of nitrogens with zero attached hydrogens (tertiary/aromatic N) is 3. The van der Waals surface area contributed by atoms with E-state index in [0.717, 1.165) is 11.8 Å². The second-order valence-electron chi connectivity index (χ2n) is 5.44. The number of hydrogen-bond donors (Lipinski definition) is 0. The Balaban J connectivity index is 2.25. The van der Waals surface area contributed by atoms with E-state index in [-0.39, 0.29) is 10.8 Å². The molecule has 2 rings (SSSR count). The van der Waals surface area contributed by atoms with Crippen molar-refractivity contribution in [2.45, 2.75) is 18.4 Å². The van der Waals surface area contributed by atoms with Crippen molar-refractivity contribution < 1.29 is 13.2 Å². The Morgan fingerprint density at radius 2 is 2.05 bits per heavy atom. The van der Waals surface area contributed by atoms with Crippen LogP contribution in [0, 0.1) is 6.92 Å². The summed E-state index contributed by atoms with van der Waals surface area (Å²) in [6.45, 7) is 2.12. The van der Waals surface area contributed by atoms with Gasteiger partial charge in [0.05, 0.1) is 11.1 Å². The number of amides is 1. The maximum absolute atomic E-state index is 12.5. The van der Waals surface area contributed by atoms with E-state index in [9.17, 15) is 13.2 Å². The Morgan fingerprint density at radius 1 is 1.36 bits per heavy atom. The highest BCUT2D eigenvalue weighted by Gasteiger charge is 2.17. The highest BCUT2D eigenvalue weighted by Crippen LogP contribution is 2.18. The Kier molecular flexibility index (Phi) is 4.37. The van der Waals surface area contributed by atoms with Crippen LogP contribution in [0.5, 0.6) is 0 Å². The fourth-order valence-corrected chi connectivity index (χ4v) is 3.25. The van der Waals surface area contributed by atoms with Gasteiger partial charge in [0.25, 0.3) is 5.91 Å². The number of rotatable bonds is 4. The van der Waals surface area contributed by atoms with E-state index in [1.54, 1.807) is 37.0 Å². The molecule has 0 atom stereocenters. The summed E-state index contributed by atoms with van der Waals surface area (Å²) in [6, 6.07) is 4.74. The molecule has 22 heavy (non-hydrogen) atoms. The highest BCUT2D eigenvalue weighted by atomic mass is 32.2. The summed E-state index contributed by atoms with van der Waals surface area (Å²) in [5.41, 5.74) is 1.90. The van der Waals surface area contributed by atoms with Crippen LogP contribution in [0.3, 0.4) is 0 Å². The largest absolute Gasteiger partial charge is 0.337 e. The zero-order valence-corrected chi connectivity index (χ0v) is 13.9. The van der Waals surface area contributed by atoms with Crippen LogP contribution in [0.4, 0.5) is 0 Å². The molecule has 6 nitrogen and oxygen atoms in total. The van der Waals surface area contributed by atoms with E-state index in [1.165, 1.54) is 11.0 Å². The first kappa shape index (κ1) is 16.2. The van der Waals surface area contributed by atoms with Crippen molar-refractivity contribution in [1.82, 2.24) is 14.7 Å². The number of hydrogen-bond acceptors (Lipinski definition) is 4. The zero-order chi connectivity index (χ0) is 16.5. The average Bonchev–Trinajstić information content (AvgIpc) is 2.82. The van der Waals surface area contributed by atoms with Gasteiger partial charge in [-0.25, -0.2) is 8.42 Å². The van der Waals surface area contributed by atoms with Crippen molar-refractivity contribution in [3.8, 4) is 0 Å². The number of carbonyl (C=O) groups excluding carboxylic acids is 1. The molecule has 0 saturated carbocycles. The van der Waals surface area contributed by atoms with Crippen LogP contribution in [0.2, 0.25) is 0 Å². The number of aryl methyl sites for hydroxylation is 2. The third kappa shape index (κ3) is 3.54. The van der Waals surface area contributed by atoms with Crippen LogP contribution in [0.15, 0.2) is 35.5 Å². The van der Waals surface area contributed by atoms with Gasteiger partial charge in [0, 0.05) is 44.2 Å². The summed E-state index contributed by atoms with van der Waals surface area (Å²) in [5, 5.41) is 4.06. The van der Waals surface area contributed by atoms with E-state index in [2.05, 4.69) is 5.10 Å². The molecule has 0 radical (unpaired) electrons. The smallest absolute Gasteiger partial charge is 0.253 e. The first-order valence-corrected chi connectivity index (χ1v) is 8.61. The predicted molar refractivity (Wildman–Crippen MR) is 83.3 cm³/mol. The van der Waals surface area contributed by atoms with Crippen LogP contribution in [-0.4, -0.2) is 42.3 Å². The molecular weight excluding hydrogens is 302 g/mol. The topological polar surface area (TPSA) is 72.3 Å². The third-order valence-electron chi connectivity index (χ3n) is 3.36. The van der Waals surface area contributed by atoms with Crippen LogP contribution >= 0.6 is 0 Å². The molecule has 0 aliphatic carbocycles. The molecule has 1 amide bonds. The average molecular weight is 321 g/mol. The Hall–Kier alpha value is -2.15. The number of sulfone groups is 1. The molecule has 1 aromatic heterocycles.